The molecule has 1 fully saturated rings. The fraction of sp³-hybridized carbons (Fsp3) is 0.462. The van der Waals surface area contributed by atoms with Gasteiger partial charge in [-0.25, -0.2) is 4.98 Å². The topological polar surface area (TPSA) is 75.7 Å². The highest BCUT2D eigenvalue weighted by Gasteiger charge is 2.21. The van der Waals surface area contributed by atoms with Crippen LogP contribution in [0, 0.1) is 28.6 Å². The lowest BCUT2D eigenvalue weighted by Crippen LogP contribution is -2.23. The van der Waals surface area contributed by atoms with Crippen molar-refractivity contribution in [1.29, 1.82) is 10.5 Å². The molecule has 18 heavy (non-hydrogen) atoms. The first-order valence-electron chi connectivity index (χ1n) is 6.01. The Bertz CT molecular complexity index is 485. The third-order valence-corrected chi connectivity index (χ3v) is 3.15. The molecule has 1 aromatic heterocycles. The minimum absolute atomic E-state index is 0.504. The van der Waals surface area contributed by atoms with Crippen LogP contribution >= 0.6 is 0 Å². The highest BCUT2D eigenvalue weighted by molar-refractivity contribution is 5.51. The molecule has 0 spiro atoms. The Balaban J connectivity index is 1.86. The summed E-state index contributed by atoms with van der Waals surface area (Å²) in [5.74, 6) is 1.17. The molecule has 5 heteroatoms. The molecule has 0 radical (unpaired) electrons. The number of nitrogens with one attached hydrogen (secondary N) is 1. The van der Waals surface area contributed by atoms with Gasteiger partial charge >= 0.3 is 0 Å². The van der Waals surface area contributed by atoms with Crippen LogP contribution in [0.4, 0.5) is 5.82 Å². The summed E-state index contributed by atoms with van der Waals surface area (Å²) in [5, 5.41) is 20.8. The van der Waals surface area contributed by atoms with E-state index in [0.29, 0.717) is 23.8 Å². The number of aromatic nitrogens is 1. The van der Waals surface area contributed by atoms with Gasteiger partial charge in [0.05, 0.1) is 18.2 Å². The van der Waals surface area contributed by atoms with Crippen LogP contribution in [-0.2, 0) is 0 Å². The molecular formula is C13H15N5. The standard InChI is InChI=1S/C13H15N5/c14-4-7-18-6-3-11(10-18)9-17-13-12(8-15)2-1-5-16-13/h1-2,5,11H,3,6-7,9-10H2,(H,16,17)/t11-/m1/s1. The number of nitriles is 2. The second kappa shape index (κ2) is 6.00. The number of pyridine rings is 1. The molecule has 1 saturated heterocycles. The van der Waals surface area contributed by atoms with Crippen molar-refractivity contribution in [3.63, 3.8) is 0 Å². The lowest BCUT2D eigenvalue weighted by molar-refractivity contribution is 0.365. The van der Waals surface area contributed by atoms with E-state index in [1.807, 2.05) is 0 Å². The van der Waals surface area contributed by atoms with Crippen molar-refractivity contribution in [2.75, 3.05) is 31.5 Å². The van der Waals surface area contributed by atoms with Crippen LogP contribution < -0.4 is 5.32 Å². The molecule has 0 amide bonds. The van der Waals surface area contributed by atoms with Crippen LogP contribution in [0.5, 0.6) is 0 Å². The maximum atomic E-state index is 8.95. The highest BCUT2D eigenvalue weighted by atomic mass is 15.1. The fourth-order valence-corrected chi connectivity index (χ4v) is 2.20. The molecule has 1 aromatic rings. The zero-order valence-electron chi connectivity index (χ0n) is 10.1. The maximum absolute atomic E-state index is 8.95. The van der Waals surface area contributed by atoms with Gasteiger partial charge in [0.25, 0.3) is 0 Å². The molecule has 0 bridgehead atoms. The number of hydrogen-bond donors (Lipinski definition) is 1. The molecule has 2 rings (SSSR count). The van der Waals surface area contributed by atoms with Crippen molar-refractivity contribution in [2.45, 2.75) is 6.42 Å². The van der Waals surface area contributed by atoms with E-state index in [2.05, 4.69) is 27.3 Å². The molecular weight excluding hydrogens is 226 g/mol. The quantitative estimate of drug-likeness (QED) is 0.802. The SMILES string of the molecule is N#CCN1CC[C@H](CNc2ncccc2C#N)C1. The Morgan fingerprint density at radius 3 is 3.17 bits per heavy atom. The average molecular weight is 241 g/mol. The summed E-state index contributed by atoms with van der Waals surface area (Å²) in [6.07, 6.45) is 2.77. The van der Waals surface area contributed by atoms with Crippen LogP contribution in [0.2, 0.25) is 0 Å². The van der Waals surface area contributed by atoms with Gasteiger partial charge in [-0.3, -0.25) is 4.90 Å². The first-order valence-corrected chi connectivity index (χ1v) is 6.01. The molecule has 92 valence electrons. The van der Waals surface area contributed by atoms with E-state index in [1.54, 1.807) is 18.3 Å². The van der Waals surface area contributed by atoms with Crippen molar-refractivity contribution in [2.24, 2.45) is 5.92 Å². The van der Waals surface area contributed by atoms with Gasteiger partial charge in [-0.1, -0.05) is 0 Å². The number of hydrogen-bond acceptors (Lipinski definition) is 5. The van der Waals surface area contributed by atoms with Crippen molar-refractivity contribution in [1.82, 2.24) is 9.88 Å². The van der Waals surface area contributed by atoms with Crippen molar-refractivity contribution < 1.29 is 0 Å². The third-order valence-electron chi connectivity index (χ3n) is 3.15. The van der Waals surface area contributed by atoms with Crippen molar-refractivity contribution in [3.05, 3.63) is 23.9 Å². The highest BCUT2D eigenvalue weighted by Crippen LogP contribution is 2.17. The van der Waals surface area contributed by atoms with E-state index >= 15 is 0 Å². The average Bonchev–Trinajstić information content (AvgIpc) is 2.85. The molecule has 1 aliphatic rings. The molecule has 0 aliphatic carbocycles. The number of likely N-dealkylation sites (tertiary alicyclic amines) is 1. The number of rotatable bonds is 4. The summed E-state index contributed by atoms with van der Waals surface area (Å²) in [7, 11) is 0. The summed E-state index contributed by atoms with van der Waals surface area (Å²) in [4.78, 5) is 6.32. The summed E-state index contributed by atoms with van der Waals surface area (Å²) < 4.78 is 0. The molecule has 0 saturated carbocycles. The van der Waals surface area contributed by atoms with E-state index in [1.165, 1.54) is 0 Å². The molecule has 0 aromatic carbocycles. The first kappa shape index (κ1) is 12.3. The summed E-state index contributed by atoms with van der Waals surface area (Å²) in [6, 6.07) is 7.81. The van der Waals surface area contributed by atoms with Crippen LogP contribution in [0.3, 0.4) is 0 Å². The van der Waals surface area contributed by atoms with Gasteiger partial charge in [0.2, 0.25) is 0 Å². The van der Waals surface area contributed by atoms with Crippen molar-refractivity contribution >= 4 is 5.82 Å². The van der Waals surface area contributed by atoms with Gasteiger partial charge in [0.1, 0.15) is 11.9 Å². The van der Waals surface area contributed by atoms with E-state index in [9.17, 15) is 0 Å². The predicted molar refractivity (Wildman–Crippen MR) is 67.6 cm³/mol. The lowest BCUT2D eigenvalue weighted by Gasteiger charge is -2.13. The molecule has 2 heterocycles. The van der Waals surface area contributed by atoms with E-state index in [4.69, 9.17) is 10.5 Å². The first-order chi connectivity index (χ1) is 8.83. The van der Waals surface area contributed by atoms with Crippen molar-refractivity contribution in [3.8, 4) is 12.1 Å². The third kappa shape index (κ3) is 2.97. The van der Waals surface area contributed by atoms with Gasteiger partial charge in [0.15, 0.2) is 0 Å². The van der Waals surface area contributed by atoms with Crippen LogP contribution in [0.1, 0.15) is 12.0 Å². The Kier molecular flexibility index (Phi) is 4.11. The molecule has 0 unspecified atom stereocenters. The molecule has 1 N–H and O–H groups in total. The van der Waals surface area contributed by atoms with Gasteiger partial charge in [-0.2, -0.15) is 10.5 Å². The minimum Gasteiger partial charge on any atom is -0.369 e. The lowest BCUT2D eigenvalue weighted by atomic mass is 10.1. The van der Waals surface area contributed by atoms with Gasteiger partial charge < -0.3 is 5.32 Å². The zero-order valence-corrected chi connectivity index (χ0v) is 10.1. The Hall–Kier alpha value is -2.11. The summed E-state index contributed by atoms with van der Waals surface area (Å²) >= 11 is 0. The summed E-state index contributed by atoms with van der Waals surface area (Å²) in [6.45, 7) is 3.22. The maximum Gasteiger partial charge on any atom is 0.143 e. The van der Waals surface area contributed by atoms with Crippen LogP contribution in [-0.4, -0.2) is 36.1 Å². The minimum atomic E-state index is 0.504. The Morgan fingerprint density at radius 1 is 1.50 bits per heavy atom. The van der Waals surface area contributed by atoms with Crippen LogP contribution in [0.15, 0.2) is 18.3 Å². The second-order valence-corrected chi connectivity index (χ2v) is 4.44. The predicted octanol–water partition coefficient (Wildman–Crippen LogP) is 1.21. The van der Waals surface area contributed by atoms with E-state index < -0.39 is 0 Å². The molecule has 1 atom stereocenters. The normalized spacial score (nSPS) is 19.1. The zero-order chi connectivity index (χ0) is 12.8. The Labute approximate surface area is 107 Å². The van der Waals surface area contributed by atoms with Crippen LogP contribution in [0.25, 0.3) is 0 Å². The fourth-order valence-electron chi connectivity index (χ4n) is 2.20. The smallest absolute Gasteiger partial charge is 0.143 e. The molecule has 1 aliphatic heterocycles. The monoisotopic (exact) mass is 241 g/mol. The summed E-state index contributed by atoms with van der Waals surface area (Å²) in [5.41, 5.74) is 0.573. The largest absolute Gasteiger partial charge is 0.369 e. The van der Waals surface area contributed by atoms with Gasteiger partial charge in [-0.15, -0.1) is 0 Å². The Morgan fingerprint density at radius 2 is 2.39 bits per heavy atom. The van der Waals surface area contributed by atoms with E-state index in [0.717, 1.165) is 26.1 Å². The van der Waals surface area contributed by atoms with Gasteiger partial charge in [-0.05, 0) is 31.0 Å². The van der Waals surface area contributed by atoms with E-state index in [-0.39, 0.29) is 0 Å². The van der Waals surface area contributed by atoms with Gasteiger partial charge in [0, 0.05) is 19.3 Å². The number of anilines is 1. The molecule has 5 nitrogen and oxygen atoms in total. The number of nitrogens with zero attached hydrogens (tertiary/aromatic N) is 4. The second-order valence-electron chi connectivity index (χ2n) is 4.44.